The number of hydrogen-bond acceptors (Lipinski definition) is 3. The Bertz CT molecular complexity index is 486. The number of carbonyl (C=O) groups excluding carboxylic acids is 2. The van der Waals surface area contributed by atoms with E-state index in [4.69, 9.17) is 5.73 Å². The number of nitrogens with one attached hydrogen (secondary N) is 2. The SMILES string of the molecule is NC(=O)c1ccc(F)c(NC(=O)CNC2CC2)c1. The van der Waals surface area contributed by atoms with Gasteiger partial charge >= 0.3 is 0 Å². The van der Waals surface area contributed by atoms with E-state index in [0.29, 0.717) is 6.04 Å². The van der Waals surface area contributed by atoms with Crippen molar-refractivity contribution in [2.24, 2.45) is 5.73 Å². The third-order valence-electron chi connectivity index (χ3n) is 2.65. The first-order valence-electron chi connectivity index (χ1n) is 5.69. The first-order chi connectivity index (χ1) is 8.56. The van der Waals surface area contributed by atoms with Crippen molar-refractivity contribution in [3.63, 3.8) is 0 Å². The van der Waals surface area contributed by atoms with Gasteiger partial charge in [-0.3, -0.25) is 9.59 Å². The summed E-state index contributed by atoms with van der Waals surface area (Å²) in [6, 6.07) is 4.00. The molecule has 0 atom stereocenters. The summed E-state index contributed by atoms with van der Waals surface area (Å²) in [6.45, 7) is 0.130. The lowest BCUT2D eigenvalue weighted by Crippen LogP contribution is -2.29. The van der Waals surface area contributed by atoms with Crippen LogP contribution in [0.1, 0.15) is 23.2 Å². The molecule has 0 spiro atoms. The van der Waals surface area contributed by atoms with E-state index in [2.05, 4.69) is 10.6 Å². The van der Waals surface area contributed by atoms with Gasteiger partial charge in [-0.15, -0.1) is 0 Å². The Morgan fingerprint density at radius 1 is 1.39 bits per heavy atom. The van der Waals surface area contributed by atoms with Crippen molar-refractivity contribution >= 4 is 17.5 Å². The molecule has 1 aliphatic rings. The fourth-order valence-electron chi connectivity index (χ4n) is 1.49. The zero-order valence-electron chi connectivity index (χ0n) is 9.70. The number of halogens is 1. The average Bonchev–Trinajstić information content (AvgIpc) is 3.13. The van der Waals surface area contributed by atoms with E-state index < -0.39 is 11.7 Å². The minimum atomic E-state index is -0.665. The van der Waals surface area contributed by atoms with Crippen LogP contribution in [0.5, 0.6) is 0 Å². The minimum Gasteiger partial charge on any atom is -0.366 e. The molecule has 18 heavy (non-hydrogen) atoms. The average molecular weight is 251 g/mol. The molecule has 4 N–H and O–H groups in total. The van der Waals surface area contributed by atoms with Crippen LogP contribution in [-0.2, 0) is 4.79 Å². The molecule has 0 radical (unpaired) electrons. The molecule has 1 saturated carbocycles. The first-order valence-corrected chi connectivity index (χ1v) is 5.69. The summed E-state index contributed by atoms with van der Waals surface area (Å²) in [5.74, 6) is -1.61. The molecule has 96 valence electrons. The molecule has 1 aromatic rings. The molecule has 0 heterocycles. The van der Waals surface area contributed by atoms with Gasteiger partial charge in [0.2, 0.25) is 11.8 Å². The van der Waals surface area contributed by atoms with Crippen molar-refractivity contribution in [1.29, 1.82) is 0 Å². The molecule has 0 aromatic heterocycles. The molecule has 1 aromatic carbocycles. The standard InChI is InChI=1S/C12H14FN3O2/c13-9-4-1-7(12(14)18)5-10(9)16-11(17)6-15-8-2-3-8/h1,4-5,8,15H,2-3,6H2,(H2,14,18)(H,16,17). The lowest BCUT2D eigenvalue weighted by Gasteiger charge is -2.08. The number of hydrogen-bond donors (Lipinski definition) is 3. The third-order valence-corrected chi connectivity index (χ3v) is 2.65. The summed E-state index contributed by atoms with van der Waals surface area (Å²) in [6.07, 6.45) is 2.14. The largest absolute Gasteiger partial charge is 0.366 e. The van der Waals surface area contributed by atoms with Crippen molar-refractivity contribution in [1.82, 2.24) is 5.32 Å². The molecular formula is C12H14FN3O2. The van der Waals surface area contributed by atoms with Crippen molar-refractivity contribution in [2.45, 2.75) is 18.9 Å². The van der Waals surface area contributed by atoms with Crippen molar-refractivity contribution in [2.75, 3.05) is 11.9 Å². The highest BCUT2D eigenvalue weighted by molar-refractivity contribution is 5.96. The van der Waals surface area contributed by atoms with Crippen molar-refractivity contribution in [3.8, 4) is 0 Å². The van der Waals surface area contributed by atoms with Crippen LogP contribution in [0.2, 0.25) is 0 Å². The van der Waals surface area contributed by atoms with Gasteiger partial charge in [-0.05, 0) is 31.0 Å². The van der Waals surface area contributed by atoms with E-state index >= 15 is 0 Å². The second-order valence-electron chi connectivity index (χ2n) is 4.26. The molecule has 5 nitrogen and oxygen atoms in total. The number of rotatable bonds is 5. The molecule has 1 aliphatic carbocycles. The maximum atomic E-state index is 13.4. The van der Waals surface area contributed by atoms with Crippen LogP contribution in [0.4, 0.5) is 10.1 Å². The van der Waals surface area contributed by atoms with Crippen molar-refractivity contribution in [3.05, 3.63) is 29.6 Å². The summed E-state index contributed by atoms with van der Waals surface area (Å²) in [7, 11) is 0. The normalized spacial score (nSPS) is 14.3. The maximum Gasteiger partial charge on any atom is 0.248 e. The van der Waals surface area contributed by atoms with E-state index in [1.54, 1.807) is 0 Å². The van der Waals surface area contributed by atoms with Crippen LogP contribution < -0.4 is 16.4 Å². The van der Waals surface area contributed by atoms with Gasteiger partial charge in [0.15, 0.2) is 0 Å². The quantitative estimate of drug-likeness (QED) is 0.717. The fraction of sp³-hybridized carbons (Fsp3) is 0.333. The van der Waals surface area contributed by atoms with Crippen LogP contribution in [-0.4, -0.2) is 24.4 Å². The summed E-state index contributed by atoms with van der Waals surface area (Å²) in [5, 5.41) is 5.41. The second-order valence-corrected chi connectivity index (χ2v) is 4.26. The van der Waals surface area contributed by atoms with Gasteiger partial charge in [0.05, 0.1) is 12.2 Å². The fourth-order valence-corrected chi connectivity index (χ4v) is 1.49. The van der Waals surface area contributed by atoms with Crippen LogP contribution in [0.25, 0.3) is 0 Å². The Labute approximate surface area is 104 Å². The molecule has 0 bridgehead atoms. The highest BCUT2D eigenvalue weighted by Gasteiger charge is 2.21. The summed E-state index contributed by atoms with van der Waals surface area (Å²) < 4.78 is 13.4. The van der Waals surface area contributed by atoms with Gasteiger partial charge in [0.1, 0.15) is 5.82 Å². The van der Waals surface area contributed by atoms with Gasteiger partial charge in [0, 0.05) is 11.6 Å². The van der Waals surface area contributed by atoms with Crippen LogP contribution in [0, 0.1) is 5.82 Å². The zero-order valence-corrected chi connectivity index (χ0v) is 9.70. The predicted octanol–water partition coefficient (Wildman–Crippen LogP) is 0.615. The number of primary amides is 1. The Kier molecular flexibility index (Phi) is 3.57. The molecule has 0 saturated heterocycles. The second kappa shape index (κ2) is 5.14. The Morgan fingerprint density at radius 2 is 2.11 bits per heavy atom. The number of benzene rings is 1. The Morgan fingerprint density at radius 3 is 2.72 bits per heavy atom. The summed E-state index contributed by atoms with van der Waals surface area (Å²) in [4.78, 5) is 22.5. The third kappa shape index (κ3) is 3.27. The van der Waals surface area contributed by atoms with Gasteiger partial charge in [0.25, 0.3) is 0 Å². The number of anilines is 1. The van der Waals surface area contributed by atoms with Crippen LogP contribution in [0.3, 0.4) is 0 Å². The monoisotopic (exact) mass is 251 g/mol. The van der Waals surface area contributed by atoms with Crippen LogP contribution >= 0.6 is 0 Å². The van der Waals surface area contributed by atoms with E-state index in [-0.39, 0.29) is 23.7 Å². The van der Waals surface area contributed by atoms with Gasteiger partial charge in [-0.25, -0.2) is 4.39 Å². The lowest BCUT2D eigenvalue weighted by molar-refractivity contribution is -0.115. The number of nitrogens with two attached hydrogens (primary N) is 1. The molecular weight excluding hydrogens is 237 g/mol. The highest BCUT2D eigenvalue weighted by atomic mass is 19.1. The van der Waals surface area contributed by atoms with E-state index in [0.717, 1.165) is 18.9 Å². The summed E-state index contributed by atoms with van der Waals surface area (Å²) in [5.41, 5.74) is 5.20. The summed E-state index contributed by atoms with van der Waals surface area (Å²) >= 11 is 0. The molecule has 1 fully saturated rings. The lowest BCUT2D eigenvalue weighted by atomic mass is 10.2. The van der Waals surface area contributed by atoms with Crippen LogP contribution in [0.15, 0.2) is 18.2 Å². The maximum absolute atomic E-state index is 13.4. The van der Waals surface area contributed by atoms with E-state index in [9.17, 15) is 14.0 Å². The molecule has 0 aliphatic heterocycles. The number of carbonyl (C=O) groups is 2. The van der Waals surface area contributed by atoms with Gasteiger partial charge in [-0.1, -0.05) is 0 Å². The first kappa shape index (κ1) is 12.5. The highest BCUT2D eigenvalue weighted by Crippen LogP contribution is 2.18. The van der Waals surface area contributed by atoms with Gasteiger partial charge in [-0.2, -0.15) is 0 Å². The molecule has 0 unspecified atom stereocenters. The predicted molar refractivity (Wildman–Crippen MR) is 64.6 cm³/mol. The zero-order chi connectivity index (χ0) is 13.1. The van der Waals surface area contributed by atoms with Gasteiger partial charge < -0.3 is 16.4 Å². The van der Waals surface area contributed by atoms with Crippen molar-refractivity contribution < 1.29 is 14.0 Å². The van der Waals surface area contributed by atoms with E-state index in [1.165, 1.54) is 12.1 Å². The Balaban J connectivity index is 1.99. The molecule has 6 heteroatoms. The van der Waals surface area contributed by atoms with E-state index in [1.807, 2.05) is 0 Å². The molecule has 2 rings (SSSR count). The molecule has 2 amide bonds. The Hall–Kier alpha value is -1.95. The minimum absolute atomic E-state index is 0.0334. The number of amides is 2. The smallest absolute Gasteiger partial charge is 0.248 e. The topological polar surface area (TPSA) is 84.2 Å².